The van der Waals surface area contributed by atoms with Crippen LogP contribution in [0.15, 0.2) is 88.3 Å². The topological polar surface area (TPSA) is 97.0 Å². The zero-order valence-corrected chi connectivity index (χ0v) is 23.8. The number of nitrogens with one attached hydrogen (secondary N) is 2. The molecule has 3 amide bonds. The first-order valence-corrected chi connectivity index (χ1v) is 13.8. The third-order valence-corrected chi connectivity index (χ3v) is 7.46. The number of benzene rings is 3. The van der Waals surface area contributed by atoms with Crippen LogP contribution in [-0.2, 0) is 14.3 Å². The van der Waals surface area contributed by atoms with Gasteiger partial charge in [0.2, 0.25) is 0 Å². The predicted octanol–water partition coefficient (Wildman–Crippen LogP) is 5.89. The number of hydrogen-bond donors (Lipinski definition) is 2. The number of rotatable bonds is 12. The van der Waals surface area contributed by atoms with Crippen molar-refractivity contribution in [2.75, 3.05) is 38.0 Å². The van der Waals surface area contributed by atoms with Gasteiger partial charge in [0.25, 0.3) is 17.7 Å². The number of hydrogen-bond acceptors (Lipinski definition) is 7. The lowest BCUT2D eigenvalue weighted by Crippen LogP contribution is -2.33. The molecule has 0 spiro atoms. The number of thioether (sulfide) groups is 1. The molecule has 9 heteroatoms. The minimum atomic E-state index is -0.362. The molecule has 2 N–H and O–H groups in total. The zero-order valence-electron chi connectivity index (χ0n) is 23.0. The Labute approximate surface area is 238 Å². The van der Waals surface area contributed by atoms with Gasteiger partial charge in [0.15, 0.2) is 0 Å². The average Bonchev–Trinajstić information content (AvgIpc) is 3.18. The summed E-state index contributed by atoms with van der Waals surface area (Å²) in [6.07, 6.45) is 0.546. The standard InChI is InChI=1S/C31H33N3O5S/c1-20(2)21-9-11-23(12-10-21)32-27-28(31(37)34(30(27)36)17-6-18-38-3)40-26-15-13-24(14-16-26)33-29(35)22-7-5-8-25(19-22)39-4/h5,7-16,19-20,32H,6,17-18H2,1-4H3,(H,33,35). The Morgan fingerprint density at radius 3 is 2.27 bits per heavy atom. The maximum absolute atomic E-state index is 13.4. The highest BCUT2D eigenvalue weighted by Gasteiger charge is 2.38. The van der Waals surface area contributed by atoms with Crippen LogP contribution in [0.2, 0.25) is 0 Å². The van der Waals surface area contributed by atoms with E-state index in [1.165, 1.54) is 22.2 Å². The molecule has 3 aromatic carbocycles. The van der Waals surface area contributed by atoms with Crippen LogP contribution in [0.1, 0.15) is 42.1 Å². The van der Waals surface area contributed by atoms with E-state index in [1.54, 1.807) is 62.8 Å². The molecule has 8 nitrogen and oxygen atoms in total. The van der Waals surface area contributed by atoms with E-state index in [0.717, 1.165) is 10.6 Å². The molecule has 0 aliphatic carbocycles. The Morgan fingerprint density at radius 2 is 1.62 bits per heavy atom. The first-order chi connectivity index (χ1) is 19.3. The molecule has 4 rings (SSSR count). The Balaban J connectivity index is 1.53. The number of nitrogens with zero attached hydrogens (tertiary/aromatic N) is 1. The number of ether oxygens (including phenoxy) is 2. The van der Waals surface area contributed by atoms with Gasteiger partial charge in [0, 0.05) is 42.1 Å². The molecular formula is C31H33N3O5S. The number of amides is 3. The van der Waals surface area contributed by atoms with Gasteiger partial charge in [-0.1, -0.05) is 43.8 Å². The summed E-state index contributed by atoms with van der Waals surface area (Å²) in [4.78, 5) is 41.7. The molecule has 1 heterocycles. The summed E-state index contributed by atoms with van der Waals surface area (Å²) < 4.78 is 10.3. The van der Waals surface area contributed by atoms with Crippen molar-refractivity contribution < 1.29 is 23.9 Å². The van der Waals surface area contributed by atoms with Gasteiger partial charge >= 0.3 is 0 Å². The van der Waals surface area contributed by atoms with Crippen LogP contribution in [-0.4, -0.2) is 50.0 Å². The SMILES string of the molecule is COCCCN1C(=O)C(Nc2ccc(C(C)C)cc2)=C(Sc2ccc(NC(=O)c3cccc(OC)c3)cc2)C1=O. The molecule has 0 unspecified atom stereocenters. The fourth-order valence-corrected chi connectivity index (χ4v) is 5.06. The number of anilines is 2. The van der Waals surface area contributed by atoms with Gasteiger partial charge < -0.3 is 20.1 Å². The lowest BCUT2D eigenvalue weighted by Gasteiger charge is -2.15. The van der Waals surface area contributed by atoms with Gasteiger partial charge in [-0.2, -0.15) is 0 Å². The van der Waals surface area contributed by atoms with E-state index in [0.29, 0.717) is 40.9 Å². The minimum absolute atomic E-state index is 0.250. The highest BCUT2D eigenvalue weighted by molar-refractivity contribution is 8.04. The van der Waals surface area contributed by atoms with Crippen molar-refractivity contribution in [3.8, 4) is 5.75 Å². The molecular weight excluding hydrogens is 526 g/mol. The monoisotopic (exact) mass is 559 g/mol. The molecule has 0 fully saturated rings. The van der Waals surface area contributed by atoms with Crippen LogP contribution in [0.3, 0.4) is 0 Å². The predicted molar refractivity (Wildman–Crippen MR) is 158 cm³/mol. The van der Waals surface area contributed by atoms with Crippen LogP contribution in [0.25, 0.3) is 0 Å². The number of carbonyl (C=O) groups is 3. The normalized spacial score (nSPS) is 13.3. The Morgan fingerprint density at radius 1 is 0.925 bits per heavy atom. The molecule has 3 aromatic rings. The van der Waals surface area contributed by atoms with E-state index < -0.39 is 0 Å². The molecule has 0 saturated carbocycles. The second-order valence-corrected chi connectivity index (χ2v) is 10.6. The van der Waals surface area contributed by atoms with Crippen molar-refractivity contribution in [3.05, 3.63) is 94.5 Å². The van der Waals surface area contributed by atoms with E-state index in [-0.39, 0.29) is 30.0 Å². The summed E-state index contributed by atoms with van der Waals surface area (Å²) in [5, 5.41) is 6.06. The summed E-state index contributed by atoms with van der Waals surface area (Å²) in [6, 6.07) is 21.9. The quantitative estimate of drug-likeness (QED) is 0.211. The second-order valence-electron chi connectivity index (χ2n) is 9.53. The Bertz CT molecular complexity index is 1400. The van der Waals surface area contributed by atoms with Crippen LogP contribution in [0.4, 0.5) is 11.4 Å². The van der Waals surface area contributed by atoms with Crippen molar-refractivity contribution >= 4 is 40.9 Å². The van der Waals surface area contributed by atoms with Gasteiger partial charge in [-0.15, -0.1) is 0 Å². The Hall–Kier alpha value is -4.08. The summed E-state index contributed by atoms with van der Waals surface area (Å²) >= 11 is 1.21. The lowest BCUT2D eigenvalue weighted by atomic mass is 10.0. The molecule has 1 aliphatic rings. The maximum Gasteiger partial charge on any atom is 0.278 e. The summed E-state index contributed by atoms with van der Waals surface area (Å²) in [5.41, 5.74) is 3.24. The average molecular weight is 560 g/mol. The van der Waals surface area contributed by atoms with Gasteiger partial charge in [0.05, 0.1) is 7.11 Å². The largest absolute Gasteiger partial charge is 0.497 e. The van der Waals surface area contributed by atoms with Crippen molar-refractivity contribution in [1.29, 1.82) is 0 Å². The fourth-order valence-electron chi connectivity index (χ4n) is 4.12. The van der Waals surface area contributed by atoms with Gasteiger partial charge in [-0.25, -0.2) is 0 Å². The molecule has 0 bridgehead atoms. The van der Waals surface area contributed by atoms with E-state index in [2.05, 4.69) is 24.5 Å². The number of methoxy groups -OCH3 is 2. The summed E-state index contributed by atoms with van der Waals surface area (Å²) in [7, 11) is 3.14. The summed E-state index contributed by atoms with van der Waals surface area (Å²) in [6.45, 7) is 4.95. The maximum atomic E-state index is 13.4. The highest BCUT2D eigenvalue weighted by Crippen LogP contribution is 2.36. The third-order valence-electron chi connectivity index (χ3n) is 6.37. The molecule has 1 aliphatic heterocycles. The fraction of sp³-hybridized carbons (Fsp3) is 0.258. The third kappa shape index (κ3) is 6.91. The van der Waals surface area contributed by atoms with Crippen LogP contribution >= 0.6 is 11.8 Å². The first-order valence-electron chi connectivity index (χ1n) is 13.0. The van der Waals surface area contributed by atoms with E-state index in [4.69, 9.17) is 9.47 Å². The van der Waals surface area contributed by atoms with Crippen molar-refractivity contribution in [1.82, 2.24) is 4.90 Å². The van der Waals surface area contributed by atoms with Crippen molar-refractivity contribution in [2.45, 2.75) is 31.1 Å². The smallest absolute Gasteiger partial charge is 0.278 e. The number of imide groups is 1. The van der Waals surface area contributed by atoms with Crippen LogP contribution < -0.4 is 15.4 Å². The highest BCUT2D eigenvalue weighted by atomic mass is 32.2. The van der Waals surface area contributed by atoms with Crippen LogP contribution in [0.5, 0.6) is 5.75 Å². The molecule has 0 atom stereocenters. The molecule has 0 aromatic heterocycles. The van der Waals surface area contributed by atoms with Crippen molar-refractivity contribution in [3.63, 3.8) is 0 Å². The van der Waals surface area contributed by atoms with E-state index >= 15 is 0 Å². The van der Waals surface area contributed by atoms with Crippen LogP contribution in [0, 0.1) is 0 Å². The molecule has 0 saturated heterocycles. The van der Waals surface area contributed by atoms with Gasteiger partial charge in [0.1, 0.15) is 16.4 Å². The lowest BCUT2D eigenvalue weighted by molar-refractivity contribution is -0.137. The van der Waals surface area contributed by atoms with Gasteiger partial charge in [-0.05, 0) is 72.5 Å². The second kappa shape index (κ2) is 13.3. The van der Waals surface area contributed by atoms with Crippen molar-refractivity contribution in [2.24, 2.45) is 0 Å². The first kappa shape index (κ1) is 28.9. The molecule has 208 valence electrons. The van der Waals surface area contributed by atoms with E-state index in [1.807, 2.05) is 24.3 Å². The molecule has 40 heavy (non-hydrogen) atoms. The zero-order chi connectivity index (χ0) is 28.6. The van der Waals surface area contributed by atoms with E-state index in [9.17, 15) is 14.4 Å². The number of carbonyl (C=O) groups excluding carboxylic acids is 3. The Kier molecular flexibility index (Phi) is 9.63. The minimum Gasteiger partial charge on any atom is -0.497 e. The molecule has 0 radical (unpaired) electrons. The summed E-state index contributed by atoms with van der Waals surface area (Å²) in [5.74, 6) is 0.00962. The van der Waals surface area contributed by atoms with Gasteiger partial charge in [-0.3, -0.25) is 19.3 Å².